The van der Waals surface area contributed by atoms with Crippen LogP contribution < -0.4 is 20.4 Å². The number of piperazine rings is 1. The van der Waals surface area contributed by atoms with Crippen LogP contribution in [0.4, 0.5) is 5.69 Å². The Balaban J connectivity index is 0.000000474. The van der Waals surface area contributed by atoms with Crippen molar-refractivity contribution >= 4 is 46.0 Å². The number of anilines is 1. The number of carbonyl (C=O) groups is 3. The van der Waals surface area contributed by atoms with Gasteiger partial charge in [-0.25, -0.2) is 0 Å². The summed E-state index contributed by atoms with van der Waals surface area (Å²) in [6, 6.07) is 21.8. The zero-order valence-corrected chi connectivity index (χ0v) is 27.4. The third-order valence-corrected chi connectivity index (χ3v) is 8.39. The number of para-hydroxylation sites is 1. The maximum absolute atomic E-state index is 12.8. The van der Waals surface area contributed by atoms with Crippen LogP contribution in [-0.2, 0) is 16.1 Å². The second-order valence-electron chi connectivity index (χ2n) is 11.5. The number of amides is 3. The number of carbonyl (C=O) groups excluding carboxylic acids is 3. The molecule has 2 aliphatic heterocycles. The first kappa shape index (κ1) is 33.5. The summed E-state index contributed by atoms with van der Waals surface area (Å²) < 4.78 is 11.0. The normalized spacial score (nSPS) is 14.5. The molecule has 0 bridgehead atoms. The molecule has 2 saturated heterocycles. The number of rotatable bonds is 8. The number of aryl methyl sites for hydroxylation is 1. The van der Waals surface area contributed by atoms with E-state index in [4.69, 9.17) is 20.8 Å². The van der Waals surface area contributed by atoms with Crippen molar-refractivity contribution < 1.29 is 23.5 Å². The molecule has 0 spiro atoms. The van der Waals surface area contributed by atoms with Gasteiger partial charge >= 0.3 is 0 Å². The van der Waals surface area contributed by atoms with Crippen LogP contribution in [0.15, 0.2) is 82.0 Å². The molecule has 11 heteroatoms. The zero-order chi connectivity index (χ0) is 33.3. The average molecular weight is 659 g/mol. The van der Waals surface area contributed by atoms with Gasteiger partial charge < -0.3 is 29.2 Å². The second kappa shape index (κ2) is 15.6. The summed E-state index contributed by atoms with van der Waals surface area (Å²) in [5, 5.41) is 3.70. The zero-order valence-electron chi connectivity index (χ0n) is 26.7. The van der Waals surface area contributed by atoms with E-state index in [0.29, 0.717) is 56.9 Å². The van der Waals surface area contributed by atoms with E-state index < -0.39 is 5.91 Å². The third-order valence-electron chi connectivity index (χ3n) is 8.14. The molecule has 1 aromatic heterocycles. The van der Waals surface area contributed by atoms with Gasteiger partial charge in [-0.2, -0.15) is 0 Å². The number of hydrogen-bond donors (Lipinski definition) is 1. The number of ether oxygens (including phenoxy) is 1. The summed E-state index contributed by atoms with van der Waals surface area (Å²) in [6.07, 6.45) is 1.52. The molecule has 3 heterocycles. The molecule has 0 atom stereocenters. The summed E-state index contributed by atoms with van der Waals surface area (Å²) in [5.74, 6) is -0.239. The van der Waals surface area contributed by atoms with Crippen molar-refractivity contribution in [2.24, 2.45) is 0 Å². The monoisotopic (exact) mass is 658 g/mol. The number of likely N-dealkylation sites (tertiary alicyclic amines) is 1. The van der Waals surface area contributed by atoms with Crippen LogP contribution in [0.3, 0.4) is 0 Å². The Labute approximate surface area is 278 Å². The summed E-state index contributed by atoms with van der Waals surface area (Å²) in [4.78, 5) is 56.0. The van der Waals surface area contributed by atoms with Crippen molar-refractivity contribution in [2.45, 2.75) is 33.2 Å². The van der Waals surface area contributed by atoms with Gasteiger partial charge in [0.25, 0.3) is 5.91 Å². The lowest BCUT2D eigenvalue weighted by Gasteiger charge is -2.37. The molecule has 246 valence electrons. The fraction of sp³-hybridized carbons (Fsp3) is 0.333. The lowest BCUT2D eigenvalue weighted by Crippen LogP contribution is -2.51. The van der Waals surface area contributed by atoms with E-state index in [1.807, 2.05) is 55.1 Å². The highest BCUT2D eigenvalue weighted by atomic mass is 35.5. The molecule has 2 fully saturated rings. The van der Waals surface area contributed by atoms with E-state index >= 15 is 0 Å². The molecule has 0 radical (unpaired) electrons. The summed E-state index contributed by atoms with van der Waals surface area (Å²) >= 11 is 5.61. The number of hydrogen-bond acceptors (Lipinski definition) is 7. The van der Waals surface area contributed by atoms with Crippen molar-refractivity contribution in [3.05, 3.63) is 105 Å². The number of benzene rings is 3. The number of nitrogens with zero attached hydrogens (tertiary/aromatic N) is 3. The van der Waals surface area contributed by atoms with E-state index in [1.54, 1.807) is 23.1 Å². The van der Waals surface area contributed by atoms with Gasteiger partial charge in [0, 0.05) is 62.5 Å². The predicted octanol–water partition coefficient (Wildman–Crippen LogP) is 5.04. The topological polar surface area (TPSA) is 112 Å². The minimum Gasteiger partial charge on any atom is -0.494 e. The first-order chi connectivity index (χ1) is 22.7. The van der Waals surface area contributed by atoms with Crippen molar-refractivity contribution in [1.82, 2.24) is 15.1 Å². The lowest BCUT2D eigenvalue weighted by atomic mass is 10.1. The van der Waals surface area contributed by atoms with Crippen LogP contribution in [0.2, 0.25) is 5.02 Å². The maximum Gasteiger partial charge on any atom is 0.287 e. The van der Waals surface area contributed by atoms with E-state index in [0.717, 1.165) is 35.3 Å². The van der Waals surface area contributed by atoms with Crippen LogP contribution in [0.5, 0.6) is 5.75 Å². The van der Waals surface area contributed by atoms with Gasteiger partial charge in [0.1, 0.15) is 11.3 Å². The van der Waals surface area contributed by atoms with Crippen molar-refractivity contribution in [3.8, 4) is 5.75 Å². The Kier molecular flexibility index (Phi) is 11.2. The van der Waals surface area contributed by atoms with Crippen molar-refractivity contribution in [3.63, 3.8) is 0 Å². The molecule has 4 aromatic rings. The quantitative estimate of drug-likeness (QED) is 0.282. The smallest absolute Gasteiger partial charge is 0.287 e. The van der Waals surface area contributed by atoms with Crippen LogP contribution in [0, 0.1) is 6.92 Å². The van der Waals surface area contributed by atoms with Gasteiger partial charge in [0.05, 0.1) is 18.5 Å². The molecular weight excluding hydrogens is 620 g/mol. The molecule has 0 saturated carbocycles. The average Bonchev–Trinajstić information content (AvgIpc) is 3.49. The van der Waals surface area contributed by atoms with Gasteiger partial charge in [-0.1, -0.05) is 47.5 Å². The molecule has 0 unspecified atom stereocenters. The highest BCUT2D eigenvalue weighted by Gasteiger charge is 2.25. The standard InChI is InChI=1S/C29H32N4O6.C7H7Cl/c1-2-38-21-9-10-25-22(16-21)24(34)17-26(39-25)29(37)30-18-28(36)32-14-12-31(13-15-32)23-7-4-3-6-20(23)19-33-11-5-8-27(33)35;1-6-2-4-7(8)5-3-6/h3-4,6-7,9-10,16-17H,2,5,8,11-15,18-19H2,1H3,(H,30,37);2-5H,1H3. The summed E-state index contributed by atoms with van der Waals surface area (Å²) in [7, 11) is 0. The van der Waals surface area contributed by atoms with Crippen molar-refractivity contribution in [1.29, 1.82) is 0 Å². The molecule has 0 aliphatic carbocycles. The molecular formula is C36H39ClN4O6. The molecule has 1 N–H and O–H groups in total. The highest BCUT2D eigenvalue weighted by Crippen LogP contribution is 2.25. The van der Waals surface area contributed by atoms with Crippen molar-refractivity contribution in [2.75, 3.05) is 50.8 Å². The van der Waals surface area contributed by atoms with Gasteiger partial charge in [-0.05, 0) is 62.2 Å². The number of halogens is 1. The second-order valence-corrected chi connectivity index (χ2v) is 11.9. The molecule has 6 rings (SSSR count). The molecule has 3 aromatic carbocycles. The minimum atomic E-state index is -0.625. The SMILES string of the molecule is CCOc1ccc2oc(C(=O)NCC(=O)N3CCN(c4ccccc4CN4CCCC4=O)CC3)cc(=O)c2c1.Cc1ccc(Cl)cc1. The third kappa shape index (κ3) is 8.71. The fourth-order valence-corrected chi connectivity index (χ4v) is 5.74. The van der Waals surface area contributed by atoms with Crippen LogP contribution in [0.1, 0.15) is 41.4 Å². The maximum atomic E-state index is 12.8. The van der Waals surface area contributed by atoms with E-state index in [2.05, 4.69) is 22.3 Å². The number of nitrogens with one attached hydrogen (secondary N) is 1. The number of fused-ring (bicyclic) bond motifs is 1. The Morgan fingerprint density at radius 3 is 2.36 bits per heavy atom. The van der Waals surface area contributed by atoms with Gasteiger partial charge in [-0.15, -0.1) is 0 Å². The van der Waals surface area contributed by atoms with Gasteiger partial charge in [-0.3, -0.25) is 19.2 Å². The molecule has 47 heavy (non-hydrogen) atoms. The van der Waals surface area contributed by atoms with Gasteiger partial charge in [0.15, 0.2) is 11.2 Å². The fourth-order valence-electron chi connectivity index (χ4n) is 5.62. The summed E-state index contributed by atoms with van der Waals surface area (Å²) in [5.41, 5.74) is 3.34. The highest BCUT2D eigenvalue weighted by molar-refractivity contribution is 6.30. The first-order valence-electron chi connectivity index (χ1n) is 15.8. The first-order valence-corrected chi connectivity index (χ1v) is 16.2. The van der Waals surface area contributed by atoms with Gasteiger partial charge in [0.2, 0.25) is 11.8 Å². The van der Waals surface area contributed by atoms with Crippen LogP contribution in [0.25, 0.3) is 11.0 Å². The van der Waals surface area contributed by atoms with E-state index in [9.17, 15) is 19.2 Å². The molecule has 10 nitrogen and oxygen atoms in total. The Bertz CT molecular complexity index is 1760. The molecule has 3 amide bonds. The van der Waals surface area contributed by atoms with E-state index in [1.165, 1.54) is 5.56 Å². The summed E-state index contributed by atoms with van der Waals surface area (Å²) in [6.45, 7) is 7.86. The van der Waals surface area contributed by atoms with E-state index in [-0.39, 0.29) is 35.1 Å². The Morgan fingerprint density at radius 2 is 1.68 bits per heavy atom. The Morgan fingerprint density at radius 1 is 0.936 bits per heavy atom. The minimum absolute atomic E-state index is 0.151. The predicted molar refractivity (Wildman–Crippen MR) is 182 cm³/mol. The Hall–Kier alpha value is -4.83. The molecule has 2 aliphatic rings. The largest absolute Gasteiger partial charge is 0.494 e. The van der Waals surface area contributed by atoms with Crippen LogP contribution >= 0.6 is 11.6 Å². The van der Waals surface area contributed by atoms with Crippen LogP contribution in [-0.4, -0.2) is 73.4 Å². The lowest BCUT2D eigenvalue weighted by molar-refractivity contribution is -0.130.